The molecule has 3 aromatic rings. The van der Waals surface area contributed by atoms with Gasteiger partial charge in [0.25, 0.3) is 0 Å². The fourth-order valence-electron chi connectivity index (χ4n) is 4.03. The van der Waals surface area contributed by atoms with Gasteiger partial charge in [0.1, 0.15) is 15.8 Å². The van der Waals surface area contributed by atoms with Gasteiger partial charge in [0.15, 0.2) is 0 Å². The van der Waals surface area contributed by atoms with Gasteiger partial charge in [-0.25, -0.2) is 0 Å². The first kappa shape index (κ1) is 21.3. The minimum absolute atomic E-state index is 0.0840. The maximum Gasteiger partial charge on any atom is 0.148 e. The lowest BCUT2D eigenvalue weighted by Gasteiger charge is -2.37. The van der Waals surface area contributed by atoms with Gasteiger partial charge < -0.3 is 4.74 Å². The fraction of sp³-hybridized carbons (Fsp3) is 0.417. The third-order valence-electron chi connectivity index (χ3n) is 5.36. The molecule has 0 spiro atoms. The molecule has 1 aliphatic rings. The van der Waals surface area contributed by atoms with Crippen molar-refractivity contribution < 1.29 is 4.74 Å². The number of ether oxygens (including phenoxy) is 1. The topological polar surface area (TPSA) is 38.2 Å². The third kappa shape index (κ3) is 4.53. The highest BCUT2D eigenvalue weighted by Crippen LogP contribution is 2.36. The number of halogens is 1. The lowest BCUT2D eigenvalue weighted by molar-refractivity contribution is 0.104. The molecule has 158 valence electrons. The molecule has 2 heterocycles. The Morgan fingerprint density at radius 1 is 1.17 bits per heavy atom. The zero-order valence-corrected chi connectivity index (χ0v) is 19.6. The first-order valence-corrected chi connectivity index (χ1v) is 11.8. The van der Waals surface area contributed by atoms with Crippen molar-refractivity contribution in [2.24, 2.45) is 5.92 Å². The van der Waals surface area contributed by atoms with E-state index in [1.165, 1.54) is 29.8 Å². The Bertz CT molecular complexity index is 1030. The van der Waals surface area contributed by atoms with E-state index >= 15 is 0 Å². The van der Waals surface area contributed by atoms with Gasteiger partial charge in [0.05, 0.1) is 11.1 Å². The summed E-state index contributed by atoms with van der Waals surface area (Å²) in [4.78, 5) is 2.51. The molecule has 2 aromatic carbocycles. The summed E-state index contributed by atoms with van der Waals surface area (Å²) >= 11 is 8.03. The van der Waals surface area contributed by atoms with Gasteiger partial charge in [-0.15, -0.1) is 10.2 Å². The Kier molecular flexibility index (Phi) is 6.42. The van der Waals surface area contributed by atoms with Crippen molar-refractivity contribution in [2.75, 3.05) is 13.1 Å². The highest BCUT2D eigenvalue weighted by molar-refractivity contribution is 7.17. The van der Waals surface area contributed by atoms with Gasteiger partial charge in [-0.3, -0.25) is 4.90 Å². The molecule has 4 rings (SSSR count). The number of rotatable bonds is 7. The summed E-state index contributed by atoms with van der Waals surface area (Å²) in [5.41, 5.74) is 4.93. The van der Waals surface area contributed by atoms with Crippen LogP contribution in [0.4, 0.5) is 0 Å². The van der Waals surface area contributed by atoms with E-state index in [0.29, 0.717) is 10.8 Å². The van der Waals surface area contributed by atoms with Crippen molar-refractivity contribution >= 4 is 22.9 Å². The van der Waals surface area contributed by atoms with Crippen LogP contribution >= 0.6 is 22.9 Å². The SMILES string of the molecule is CCc1c(CN2CC(C)C2)cccc1-c1nnc(-c2ccc(OC(C)C)c(Cl)c2)s1. The first-order valence-electron chi connectivity index (χ1n) is 10.6. The molecule has 0 N–H and O–H groups in total. The van der Waals surface area contributed by atoms with E-state index in [4.69, 9.17) is 16.3 Å². The van der Waals surface area contributed by atoms with Crippen LogP contribution in [0.3, 0.4) is 0 Å². The standard InChI is InChI=1S/C24H28ClN3OS/c1-5-19-18(14-28-12-16(4)13-28)7-6-8-20(19)24-27-26-23(30-24)17-9-10-22(21(25)11-17)29-15(2)3/h6-11,15-16H,5,12-14H2,1-4H3. The van der Waals surface area contributed by atoms with Crippen LogP contribution in [-0.4, -0.2) is 34.3 Å². The highest BCUT2D eigenvalue weighted by Gasteiger charge is 2.23. The van der Waals surface area contributed by atoms with Crippen molar-refractivity contribution in [1.29, 1.82) is 0 Å². The molecule has 1 aliphatic heterocycles. The van der Waals surface area contributed by atoms with E-state index in [1.54, 1.807) is 11.3 Å². The van der Waals surface area contributed by atoms with Gasteiger partial charge in [-0.1, -0.05) is 55.0 Å². The molecule has 1 saturated heterocycles. The van der Waals surface area contributed by atoms with Gasteiger partial charge in [0, 0.05) is 30.8 Å². The number of nitrogens with zero attached hydrogens (tertiary/aromatic N) is 3. The van der Waals surface area contributed by atoms with Crippen LogP contribution in [0.15, 0.2) is 36.4 Å². The number of aromatic nitrogens is 2. The minimum Gasteiger partial charge on any atom is -0.489 e. The predicted octanol–water partition coefficient (Wildman–Crippen LogP) is 6.33. The zero-order chi connectivity index (χ0) is 21.3. The summed E-state index contributed by atoms with van der Waals surface area (Å²) < 4.78 is 5.74. The Hall–Kier alpha value is -1.95. The molecule has 0 amide bonds. The molecule has 0 saturated carbocycles. The molecule has 4 nitrogen and oxygen atoms in total. The van der Waals surface area contributed by atoms with Crippen LogP contribution in [-0.2, 0) is 13.0 Å². The normalized spacial score (nSPS) is 14.9. The summed E-state index contributed by atoms with van der Waals surface area (Å²) in [5, 5.41) is 11.4. The summed E-state index contributed by atoms with van der Waals surface area (Å²) in [6, 6.07) is 12.4. The average molecular weight is 442 g/mol. The molecule has 0 atom stereocenters. The zero-order valence-electron chi connectivity index (χ0n) is 18.0. The van der Waals surface area contributed by atoms with E-state index in [0.717, 1.165) is 34.5 Å². The summed E-state index contributed by atoms with van der Waals surface area (Å²) in [7, 11) is 0. The van der Waals surface area contributed by atoms with E-state index in [2.05, 4.69) is 47.1 Å². The van der Waals surface area contributed by atoms with E-state index in [-0.39, 0.29) is 6.10 Å². The van der Waals surface area contributed by atoms with Gasteiger partial charge in [-0.05, 0) is 55.5 Å². The molecule has 1 aromatic heterocycles. The summed E-state index contributed by atoms with van der Waals surface area (Å²) in [6.45, 7) is 11.9. The third-order valence-corrected chi connectivity index (χ3v) is 6.66. The second-order valence-corrected chi connectivity index (χ2v) is 9.70. The van der Waals surface area contributed by atoms with Gasteiger partial charge in [0.2, 0.25) is 0 Å². The van der Waals surface area contributed by atoms with Crippen LogP contribution in [0, 0.1) is 5.92 Å². The van der Waals surface area contributed by atoms with Crippen LogP contribution in [0.2, 0.25) is 5.02 Å². The van der Waals surface area contributed by atoms with Crippen LogP contribution in [0.5, 0.6) is 5.75 Å². The molecule has 6 heteroatoms. The first-order chi connectivity index (χ1) is 14.4. The molecular formula is C24H28ClN3OS. The Balaban J connectivity index is 1.60. The highest BCUT2D eigenvalue weighted by atomic mass is 35.5. The summed E-state index contributed by atoms with van der Waals surface area (Å²) in [5.74, 6) is 1.51. The van der Waals surface area contributed by atoms with Crippen LogP contribution in [0.25, 0.3) is 21.1 Å². The van der Waals surface area contributed by atoms with Crippen LogP contribution < -0.4 is 4.74 Å². The minimum atomic E-state index is 0.0840. The van der Waals surface area contributed by atoms with E-state index < -0.39 is 0 Å². The maximum atomic E-state index is 6.42. The quantitative estimate of drug-likeness (QED) is 0.429. The second kappa shape index (κ2) is 9.04. The molecule has 1 fully saturated rings. The smallest absolute Gasteiger partial charge is 0.148 e. The Labute approximate surface area is 187 Å². The second-order valence-electron chi connectivity index (χ2n) is 8.32. The van der Waals surface area contributed by atoms with Crippen molar-refractivity contribution in [2.45, 2.75) is 46.8 Å². The summed E-state index contributed by atoms with van der Waals surface area (Å²) in [6.07, 6.45) is 1.07. The molecule has 0 aliphatic carbocycles. The molecular weight excluding hydrogens is 414 g/mol. The number of hydrogen-bond donors (Lipinski definition) is 0. The van der Waals surface area contributed by atoms with E-state index in [1.807, 2.05) is 32.0 Å². The molecule has 30 heavy (non-hydrogen) atoms. The van der Waals surface area contributed by atoms with Crippen molar-refractivity contribution in [1.82, 2.24) is 15.1 Å². The Morgan fingerprint density at radius 3 is 2.60 bits per heavy atom. The van der Waals surface area contributed by atoms with Crippen molar-refractivity contribution in [3.8, 4) is 26.9 Å². The largest absolute Gasteiger partial charge is 0.489 e. The fourth-order valence-corrected chi connectivity index (χ4v) is 5.15. The monoisotopic (exact) mass is 441 g/mol. The lowest BCUT2D eigenvalue weighted by atomic mass is 9.96. The predicted molar refractivity (Wildman–Crippen MR) is 125 cm³/mol. The van der Waals surface area contributed by atoms with Crippen LogP contribution in [0.1, 0.15) is 38.8 Å². The maximum absolute atomic E-state index is 6.42. The molecule has 0 bridgehead atoms. The van der Waals surface area contributed by atoms with Gasteiger partial charge in [-0.2, -0.15) is 0 Å². The average Bonchev–Trinajstić information content (AvgIpc) is 3.18. The number of likely N-dealkylation sites (tertiary alicyclic amines) is 1. The number of hydrogen-bond acceptors (Lipinski definition) is 5. The van der Waals surface area contributed by atoms with Crippen molar-refractivity contribution in [3.63, 3.8) is 0 Å². The molecule has 0 radical (unpaired) electrons. The lowest BCUT2D eigenvalue weighted by Crippen LogP contribution is -2.44. The van der Waals surface area contributed by atoms with Gasteiger partial charge >= 0.3 is 0 Å². The number of benzene rings is 2. The van der Waals surface area contributed by atoms with E-state index in [9.17, 15) is 0 Å². The Morgan fingerprint density at radius 2 is 1.93 bits per heavy atom. The molecule has 0 unspecified atom stereocenters. The van der Waals surface area contributed by atoms with Crippen molar-refractivity contribution in [3.05, 3.63) is 52.5 Å².